The second-order valence-electron chi connectivity index (χ2n) is 12.5. The van der Waals surface area contributed by atoms with Crippen molar-refractivity contribution in [1.82, 2.24) is 13.8 Å². The zero-order chi connectivity index (χ0) is 33.0. The van der Waals surface area contributed by atoms with Crippen LogP contribution < -0.4 is 5.69 Å². The zero-order valence-electron chi connectivity index (χ0n) is 27.1. The molecule has 0 aliphatic heterocycles. The first-order valence-corrected chi connectivity index (χ1v) is 15.7. The summed E-state index contributed by atoms with van der Waals surface area (Å²) < 4.78 is 10.9. The third kappa shape index (κ3) is 6.94. The quantitative estimate of drug-likeness (QED) is 0.122. The van der Waals surface area contributed by atoms with Gasteiger partial charge in [0.25, 0.3) is 0 Å². The molecular weight excluding hydrogens is 584 g/mol. The van der Waals surface area contributed by atoms with Crippen molar-refractivity contribution in [2.75, 3.05) is 0 Å². The molecule has 7 heteroatoms. The molecule has 0 spiro atoms. The van der Waals surface area contributed by atoms with E-state index in [9.17, 15) is 9.59 Å². The average molecular weight is 623 g/mol. The Morgan fingerprint density at radius 3 is 1.81 bits per heavy atom. The van der Waals surface area contributed by atoms with Crippen LogP contribution in [-0.2, 0) is 16.0 Å². The molecule has 6 rings (SSSR count). The van der Waals surface area contributed by atoms with Gasteiger partial charge in [-0.25, -0.2) is 9.59 Å². The highest BCUT2D eigenvalue weighted by Crippen LogP contribution is 2.29. The maximum atomic E-state index is 14.7. The topological polar surface area (TPSA) is 70.5 Å². The molecule has 0 fully saturated rings. The smallest absolute Gasteiger partial charge is 0.350 e. The van der Waals surface area contributed by atoms with E-state index in [-0.39, 0.29) is 6.42 Å². The van der Waals surface area contributed by atoms with Gasteiger partial charge in [-0.15, -0.1) is 0 Å². The fraction of sp³-hybridized carbons (Fsp3) is 0.175. The van der Waals surface area contributed by atoms with Gasteiger partial charge in [-0.05, 0) is 57.5 Å². The van der Waals surface area contributed by atoms with Gasteiger partial charge in [-0.1, -0.05) is 103 Å². The van der Waals surface area contributed by atoms with Gasteiger partial charge in [0.15, 0.2) is 0 Å². The van der Waals surface area contributed by atoms with E-state index < -0.39 is 23.3 Å². The van der Waals surface area contributed by atoms with Crippen molar-refractivity contribution in [2.45, 2.75) is 45.8 Å². The number of ether oxygens (including phenoxy) is 1. The van der Waals surface area contributed by atoms with E-state index in [1.165, 1.54) is 4.68 Å². The normalized spacial score (nSPS) is 12.0. The van der Waals surface area contributed by atoms with Crippen LogP contribution in [-0.4, -0.2) is 31.1 Å². The summed E-state index contributed by atoms with van der Waals surface area (Å²) in [5.41, 5.74) is 5.08. The highest BCUT2D eigenvalue weighted by atomic mass is 16.6. The molecule has 2 heterocycles. The summed E-state index contributed by atoms with van der Waals surface area (Å²) in [6.07, 6.45) is 4.25. The first-order chi connectivity index (χ1) is 22.7. The summed E-state index contributed by atoms with van der Waals surface area (Å²) in [5, 5.41) is 5.09. The van der Waals surface area contributed by atoms with Crippen molar-refractivity contribution < 1.29 is 9.53 Å². The minimum Gasteiger partial charge on any atom is -0.458 e. The van der Waals surface area contributed by atoms with Gasteiger partial charge in [0.1, 0.15) is 11.6 Å². The van der Waals surface area contributed by atoms with Gasteiger partial charge in [0.2, 0.25) is 0 Å². The molecule has 7 nitrogen and oxygen atoms in total. The maximum Gasteiger partial charge on any atom is 0.350 e. The number of hydrogen-bond donors (Lipinski definition) is 0. The summed E-state index contributed by atoms with van der Waals surface area (Å²) in [5.74, 6) is -0.478. The Labute approximate surface area is 275 Å². The van der Waals surface area contributed by atoms with Crippen molar-refractivity contribution in [3.05, 3.63) is 173 Å². The first-order valence-electron chi connectivity index (χ1n) is 15.7. The highest BCUT2D eigenvalue weighted by Gasteiger charge is 2.32. The van der Waals surface area contributed by atoms with Crippen LogP contribution >= 0.6 is 0 Å². The van der Waals surface area contributed by atoms with Crippen LogP contribution in [0.4, 0.5) is 0 Å². The molecule has 236 valence electrons. The zero-order valence-corrected chi connectivity index (χ0v) is 27.1. The Kier molecular flexibility index (Phi) is 8.89. The lowest BCUT2D eigenvalue weighted by molar-refractivity contribution is -0.159. The first kappa shape index (κ1) is 31.3. The number of hydrogen-bond acceptors (Lipinski definition) is 4. The van der Waals surface area contributed by atoms with Crippen molar-refractivity contribution in [1.29, 1.82) is 0 Å². The molecule has 0 amide bonds. The number of carbonyl (C=O) groups excluding carboxylic acids is 1. The Morgan fingerprint density at radius 1 is 0.745 bits per heavy atom. The SMILES string of the molecule is Cc1c(-c2ccc(-n3cccc3)cc2)n(N=C(c2ccccc2)c2ccccc2)c(=O)n1C(Cc1ccccc1)C(=O)OC(C)(C)C. The molecular formula is C40H38N4O3. The molecule has 0 aliphatic rings. The van der Waals surface area contributed by atoms with Gasteiger partial charge in [0, 0.05) is 46.9 Å². The van der Waals surface area contributed by atoms with E-state index >= 15 is 0 Å². The van der Waals surface area contributed by atoms with Gasteiger partial charge >= 0.3 is 11.7 Å². The minimum atomic E-state index is -0.921. The Balaban J connectivity index is 1.60. The number of aromatic nitrogens is 3. The fourth-order valence-corrected chi connectivity index (χ4v) is 5.76. The lowest BCUT2D eigenvalue weighted by atomic mass is 10.0. The molecule has 0 N–H and O–H groups in total. The third-order valence-electron chi connectivity index (χ3n) is 7.90. The molecule has 0 aliphatic carbocycles. The molecule has 47 heavy (non-hydrogen) atoms. The van der Waals surface area contributed by atoms with Crippen LogP contribution in [0.3, 0.4) is 0 Å². The monoisotopic (exact) mass is 622 g/mol. The lowest BCUT2D eigenvalue weighted by Gasteiger charge is -2.25. The predicted molar refractivity (Wildman–Crippen MR) is 187 cm³/mol. The summed E-state index contributed by atoms with van der Waals surface area (Å²) in [7, 11) is 0. The summed E-state index contributed by atoms with van der Waals surface area (Å²) in [6.45, 7) is 7.37. The van der Waals surface area contributed by atoms with Crippen LogP contribution in [0.1, 0.15) is 49.2 Å². The van der Waals surface area contributed by atoms with Crippen LogP contribution in [0.15, 0.2) is 150 Å². The molecule has 0 saturated heterocycles. The maximum absolute atomic E-state index is 14.7. The summed E-state index contributed by atoms with van der Waals surface area (Å²) in [4.78, 5) is 28.7. The predicted octanol–water partition coefficient (Wildman–Crippen LogP) is 7.84. The Hall–Kier alpha value is -5.69. The number of rotatable bonds is 9. The number of benzene rings is 4. The van der Waals surface area contributed by atoms with E-state index in [2.05, 4.69) is 0 Å². The minimum absolute atomic E-state index is 0.278. The van der Waals surface area contributed by atoms with E-state index in [1.807, 2.05) is 172 Å². The van der Waals surface area contributed by atoms with Gasteiger partial charge in [0.05, 0.1) is 11.4 Å². The second-order valence-corrected chi connectivity index (χ2v) is 12.5. The van der Waals surface area contributed by atoms with Crippen LogP contribution in [0.25, 0.3) is 16.9 Å². The molecule has 0 radical (unpaired) electrons. The molecule has 2 aromatic heterocycles. The van der Waals surface area contributed by atoms with Gasteiger partial charge in [-0.2, -0.15) is 9.78 Å². The number of imidazole rings is 1. The molecule has 0 saturated carbocycles. The molecule has 0 bridgehead atoms. The Morgan fingerprint density at radius 2 is 1.28 bits per heavy atom. The van der Waals surface area contributed by atoms with Gasteiger partial charge in [-0.3, -0.25) is 4.57 Å². The van der Waals surface area contributed by atoms with Crippen LogP contribution in [0.2, 0.25) is 0 Å². The van der Waals surface area contributed by atoms with Crippen molar-refractivity contribution in [3.8, 4) is 16.9 Å². The largest absolute Gasteiger partial charge is 0.458 e. The summed E-state index contributed by atoms with van der Waals surface area (Å²) in [6, 6.07) is 40.3. The number of nitrogens with zero attached hydrogens (tertiary/aromatic N) is 4. The summed E-state index contributed by atoms with van der Waals surface area (Å²) >= 11 is 0. The third-order valence-corrected chi connectivity index (χ3v) is 7.90. The van der Waals surface area contributed by atoms with E-state index in [0.29, 0.717) is 17.1 Å². The van der Waals surface area contributed by atoms with Crippen LogP contribution in [0.5, 0.6) is 0 Å². The van der Waals surface area contributed by atoms with Crippen molar-refractivity contribution >= 4 is 11.7 Å². The number of carbonyl (C=O) groups is 1. The van der Waals surface area contributed by atoms with E-state index in [4.69, 9.17) is 9.84 Å². The molecule has 1 unspecified atom stereocenters. The van der Waals surface area contributed by atoms with Crippen molar-refractivity contribution in [2.24, 2.45) is 5.10 Å². The van der Waals surface area contributed by atoms with E-state index in [0.717, 1.165) is 27.9 Å². The van der Waals surface area contributed by atoms with Gasteiger partial charge < -0.3 is 9.30 Å². The molecule has 1 atom stereocenters. The number of esters is 1. The lowest BCUT2D eigenvalue weighted by Crippen LogP contribution is -2.37. The Bertz CT molecular complexity index is 1990. The fourth-order valence-electron chi connectivity index (χ4n) is 5.76. The van der Waals surface area contributed by atoms with Crippen molar-refractivity contribution in [3.63, 3.8) is 0 Å². The van der Waals surface area contributed by atoms with Crippen LogP contribution in [0, 0.1) is 6.92 Å². The van der Waals surface area contributed by atoms with E-state index in [1.54, 1.807) is 4.57 Å². The highest BCUT2D eigenvalue weighted by molar-refractivity contribution is 6.12. The second kappa shape index (κ2) is 13.3. The molecule has 6 aromatic rings. The standard InChI is InChI=1S/C40H38N4O3/c1-29-37(33-22-24-34(25-23-33)42-26-14-15-27-42)44(41-36(31-18-10-6-11-19-31)32-20-12-7-13-21-32)39(46)43(29)35(38(45)47-40(2,3)4)28-30-16-8-5-9-17-30/h5-27,35H,28H2,1-4H3. The average Bonchev–Trinajstić information content (AvgIpc) is 3.70. The molecule has 4 aromatic carbocycles.